The maximum atomic E-state index is 9.27. The van der Waals surface area contributed by atoms with Crippen molar-refractivity contribution in [2.45, 2.75) is 0 Å². The first-order valence-corrected chi connectivity index (χ1v) is 4.82. The summed E-state index contributed by atoms with van der Waals surface area (Å²) < 4.78 is 0. The zero-order valence-electron chi connectivity index (χ0n) is 8.64. The van der Waals surface area contributed by atoms with Crippen molar-refractivity contribution in [3.8, 4) is 16.9 Å². The van der Waals surface area contributed by atoms with Crippen LogP contribution in [0.3, 0.4) is 0 Å². The molecule has 0 aliphatic heterocycles. The normalized spacial score (nSPS) is 10.2. The van der Waals surface area contributed by atoms with Crippen molar-refractivity contribution in [3.05, 3.63) is 36.4 Å². The van der Waals surface area contributed by atoms with Gasteiger partial charge in [-0.1, -0.05) is 6.07 Å². The predicted octanol–water partition coefficient (Wildman–Crippen LogP) is 1.81. The van der Waals surface area contributed by atoms with E-state index in [9.17, 15) is 5.11 Å². The molecule has 0 fully saturated rings. The van der Waals surface area contributed by atoms with Crippen molar-refractivity contribution in [3.63, 3.8) is 0 Å². The maximum Gasteiger partial charge on any atom is 0.117 e. The quantitative estimate of drug-likeness (QED) is 0.545. The number of benzene rings is 2. The number of nitrogens with two attached hydrogens (primary N) is 3. The van der Waals surface area contributed by atoms with Gasteiger partial charge in [-0.15, -0.1) is 0 Å². The Labute approximate surface area is 93.3 Å². The van der Waals surface area contributed by atoms with Gasteiger partial charge in [0.1, 0.15) is 5.75 Å². The van der Waals surface area contributed by atoms with Crippen molar-refractivity contribution >= 4 is 17.1 Å². The molecule has 0 bridgehead atoms. The Bertz CT molecular complexity index is 488. The number of hydrogen-bond donors (Lipinski definition) is 4. The molecule has 2 aromatic carbocycles. The molecule has 16 heavy (non-hydrogen) atoms. The summed E-state index contributed by atoms with van der Waals surface area (Å²) in [6.45, 7) is 0. The van der Waals surface area contributed by atoms with Gasteiger partial charge in [0.15, 0.2) is 0 Å². The Morgan fingerprint density at radius 1 is 0.750 bits per heavy atom. The van der Waals surface area contributed by atoms with Crippen LogP contribution in [0.25, 0.3) is 11.1 Å². The highest BCUT2D eigenvalue weighted by molar-refractivity contribution is 5.86. The van der Waals surface area contributed by atoms with Crippen molar-refractivity contribution in [1.29, 1.82) is 0 Å². The molecule has 82 valence electrons. The monoisotopic (exact) mass is 215 g/mol. The van der Waals surface area contributed by atoms with E-state index in [2.05, 4.69) is 0 Å². The molecule has 4 nitrogen and oxygen atoms in total. The lowest BCUT2D eigenvalue weighted by molar-refractivity contribution is 0.476. The van der Waals surface area contributed by atoms with E-state index in [1.807, 2.05) is 6.07 Å². The minimum absolute atomic E-state index is 0.135. The number of nitrogen functional groups attached to an aromatic ring is 3. The third-order valence-corrected chi connectivity index (χ3v) is 2.40. The summed E-state index contributed by atoms with van der Waals surface area (Å²) in [4.78, 5) is 0. The molecule has 0 aliphatic carbocycles. The number of aromatic hydroxyl groups is 1. The van der Waals surface area contributed by atoms with Crippen LogP contribution in [-0.2, 0) is 0 Å². The number of hydrogen-bond acceptors (Lipinski definition) is 4. The summed E-state index contributed by atoms with van der Waals surface area (Å²) in [5.74, 6) is 0.135. The average Bonchev–Trinajstić information content (AvgIpc) is 2.19. The summed E-state index contributed by atoms with van der Waals surface area (Å²) in [5, 5.41) is 9.27. The highest BCUT2D eigenvalue weighted by Gasteiger charge is 2.07. The molecule has 0 atom stereocenters. The topological polar surface area (TPSA) is 98.3 Å². The molecule has 0 heterocycles. The summed E-state index contributed by atoms with van der Waals surface area (Å²) in [6.07, 6.45) is 0. The standard InChI is InChI=1S/C12H13N3O/c13-7-1-3-9(11(14)5-7)10-4-2-8(16)6-12(10)15/h1-6,16H,13-15H2. The highest BCUT2D eigenvalue weighted by Crippen LogP contribution is 2.33. The number of phenols is 1. The van der Waals surface area contributed by atoms with Gasteiger partial charge in [0.05, 0.1) is 0 Å². The minimum atomic E-state index is 0.135. The molecule has 0 amide bonds. The first kappa shape index (κ1) is 10.2. The van der Waals surface area contributed by atoms with Crippen LogP contribution in [-0.4, -0.2) is 5.11 Å². The minimum Gasteiger partial charge on any atom is -0.508 e. The van der Waals surface area contributed by atoms with Gasteiger partial charge in [-0.3, -0.25) is 0 Å². The van der Waals surface area contributed by atoms with Crippen LogP contribution in [0.5, 0.6) is 5.75 Å². The molecular weight excluding hydrogens is 202 g/mol. The molecule has 2 rings (SSSR count). The summed E-state index contributed by atoms with van der Waals surface area (Å²) in [6, 6.07) is 10.0. The zero-order chi connectivity index (χ0) is 11.7. The third-order valence-electron chi connectivity index (χ3n) is 2.40. The van der Waals surface area contributed by atoms with Crippen LogP contribution in [0.15, 0.2) is 36.4 Å². The van der Waals surface area contributed by atoms with Gasteiger partial charge in [0.25, 0.3) is 0 Å². The van der Waals surface area contributed by atoms with Crippen LogP contribution in [0, 0.1) is 0 Å². The largest absolute Gasteiger partial charge is 0.508 e. The molecule has 0 spiro atoms. The lowest BCUT2D eigenvalue weighted by Crippen LogP contribution is -1.96. The Morgan fingerprint density at radius 3 is 1.88 bits per heavy atom. The lowest BCUT2D eigenvalue weighted by Gasteiger charge is -2.09. The van der Waals surface area contributed by atoms with Crippen molar-refractivity contribution < 1.29 is 5.11 Å². The second-order valence-corrected chi connectivity index (χ2v) is 3.62. The Morgan fingerprint density at radius 2 is 1.31 bits per heavy atom. The number of rotatable bonds is 1. The molecule has 7 N–H and O–H groups in total. The molecule has 2 aromatic rings. The van der Waals surface area contributed by atoms with Crippen LogP contribution in [0.1, 0.15) is 0 Å². The van der Waals surface area contributed by atoms with E-state index in [4.69, 9.17) is 17.2 Å². The molecular formula is C12H13N3O. The predicted molar refractivity (Wildman–Crippen MR) is 66.8 cm³/mol. The Balaban J connectivity index is 2.59. The first-order valence-electron chi connectivity index (χ1n) is 4.82. The zero-order valence-corrected chi connectivity index (χ0v) is 8.64. The van der Waals surface area contributed by atoms with Crippen molar-refractivity contribution in [2.75, 3.05) is 17.2 Å². The van der Waals surface area contributed by atoms with Gasteiger partial charge in [0, 0.05) is 34.3 Å². The molecule has 0 saturated carbocycles. The highest BCUT2D eigenvalue weighted by atomic mass is 16.3. The second kappa shape index (κ2) is 3.66. The van der Waals surface area contributed by atoms with Gasteiger partial charge >= 0.3 is 0 Å². The van der Waals surface area contributed by atoms with Gasteiger partial charge in [-0.25, -0.2) is 0 Å². The van der Waals surface area contributed by atoms with E-state index in [0.717, 1.165) is 11.1 Å². The van der Waals surface area contributed by atoms with Gasteiger partial charge < -0.3 is 22.3 Å². The summed E-state index contributed by atoms with van der Waals surface area (Å²) >= 11 is 0. The second-order valence-electron chi connectivity index (χ2n) is 3.62. The number of anilines is 3. The fraction of sp³-hybridized carbons (Fsp3) is 0. The molecule has 4 heteroatoms. The third kappa shape index (κ3) is 1.72. The lowest BCUT2D eigenvalue weighted by atomic mass is 10.0. The molecule has 0 saturated heterocycles. The van der Waals surface area contributed by atoms with Crippen molar-refractivity contribution in [1.82, 2.24) is 0 Å². The summed E-state index contributed by atoms with van der Waals surface area (Å²) in [5.41, 5.74) is 20.6. The van der Waals surface area contributed by atoms with E-state index in [0.29, 0.717) is 17.1 Å². The molecule has 0 aromatic heterocycles. The molecule has 0 unspecified atom stereocenters. The van der Waals surface area contributed by atoms with Crippen LogP contribution in [0.2, 0.25) is 0 Å². The van der Waals surface area contributed by atoms with Crippen LogP contribution < -0.4 is 17.2 Å². The van der Waals surface area contributed by atoms with E-state index < -0.39 is 0 Å². The average molecular weight is 215 g/mol. The Kier molecular flexibility index (Phi) is 2.32. The van der Waals surface area contributed by atoms with E-state index in [-0.39, 0.29) is 5.75 Å². The van der Waals surface area contributed by atoms with Gasteiger partial charge in [-0.2, -0.15) is 0 Å². The van der Waals surface area contributed by atoms with E-state index >= 15 is 0 Å². The van der Waals surface area contributed by atoms with Crippen LogP contribution >= 0.6 is 0 Å². The maximum absolute atomic E-state index is 9.27. The fourth-order valence-electron chi connectivity index (χ4n) is 1.62. The Hall–Kier alpha value is -2.36. The number of phenolic OH excluding ortho intramolecular Hbond substituents is 1. The van der Waals surface area contributed by atoms with Gasteiger partial charge in [0.2, 0.25) is 0 Å². The smallest absolute Gasteiger partial charge is 0.117 e. The van der Waals surface area contributed by atoms with Crippen LogP contribution in [0.4, 0.5) is 17.1 Å². The molecule has 0 radical (unpaired) electrons. The van der Waals surface area contributed by atoms with Gasteiger partial charge in [-0.05, 0) is 24.3 Å². The first-order chi connectivity index (χ1) is 7.58. The summed E-state index contributed by atoms with van der Waals surface area (Å²) in [7, 11) is 0. The molecule has 0 aliphatic rings. The SMILES string of the molecule is Nc1ccc(-c2ccc(O)cc2N)c(N)c1. The van der Waals surface area contributed by atoms with Crippen molar-refractivity contribution in [2.24, 2.45) is 0 Å². The van der Waals surface area contributed by atoms with E-state index in [1.54, 1.807) is 24.3 Å². The van der Waals surface area contributed by atoms with E-state index in [1.165, 1.54) is 6.07 Å². The fourth-order valence-corrected chi connectivity index (χ4v) is 1.62.